The second kappa shape index (κ2) is 11.6. The summed E-state index contributed by atoms with van der Waals surface area (Å²) in [6, 6.07) is 3.53. The first-order valence-electron chi connectivity index (χ1n) is 10.6. The highest BCUT2D eigenvalue weighted by atomic mass is 32.2. The Hall–Kier alpha value is -3.04. The van der Waals surface area contributed by atoms with Crippen LogP contribution in [0.4, 0.5) is 19.0 Å². The van der Waals surface area contributed by atoms with Gasteiger partial charge in [-0.05, 0) is 24.6 Å². The minimum atomic E-state index is -4.45. The van der Waals surface area contributed by atoms with Gasteiger partial charge in [-0.3, -0.25) is 10.0 Å². The SMILES string of the molecule is O=CN(O)[C@@H](CCc1ncccn1)CS(=O)(=O)N1CCN(c2ccc(OCC(F)(F)F)cn2)CC1. The normalized spacial score (nSPS) is 16.1. The van der Waals surface area contributed by atoms with Gasteiger partial charge in [0.2, 0.25) is 16.4 Å². The Balaban J connectivity index is 1.55. The van der Waals surface area contributed by atoms with Crippen molar-refractivity contribution in [2.45, 2.75) is 25.1 Å². The first-order chi connectivity index (χ1) is 16.6. The number of ether oxygens (including phenoxy) is 1. The number of sulfonamides is 1. The number of hydrogen-bond donors (Lipinski definition) is 1. The van der Waals surface area contributed by atoms with Crippen molar-refractivity contribution in [3.05, 3.63) is 42.6 Å². The monoisotopic (exact) mass is 518 g/mol. The van der Waals surface area contributed by atoms with Gasteiger partial charge < -0.3 is 9.64 Å². The van der Waals surface area contributed by atoms with Crippen molar-refractivity contribution < 1.29 is 36.3 Å². The third-order valence-electron chi connectivity index (χ3n) is 5.28. The van der Waals surface area contributed by atoms with Gasteiger partial charge in [-0.1, -0.05) is 0 Å². The Labute approximate surface area is 200 Å². The van der Waals surface area contributed by atoms with Gasteiger partial charge in [0.1, 0.15) is 17.4 Å². The molecule has 1 fully saturated rings. The molecule has 3 rings (SSSR count). The molecule has 1 aliphatic rings. The lowest BCUT2D eigenvalue weighted by Crippen LogP contribution is -2.51. The second-order valence-electron chi connectivity index (χ2n) is 7.76. The fraction of sp³-hybridized carbons (Fsp3) is 0.500. The molecule has 1 N–H and O–H groups in total. The highest BCUT2D eigenvalue weighted by Gasteiger charge is 2.32. The highest BCUT2D eigenvalue weighted by molar-refractivity contribution is 7.89. The summed E-state index contributed by atoms with van der Waals surface area (Å²) in [5.41, 5.74) is 0. The smallest absolute Gasteiger partial charge is 0.422 e. The van der Waals surface area contributed by atoms with Crippen molar-refractivity contribution >= 4 is 22.3 Å². The predicted octanol–water partition coefficient (Wildman–Crippen LogP) is 1.11. The van der Waals surface area contributed by atoms with E-state index >= 15 is 0 Å². The molecule has 3 heterocycles. The molecule has 0 saturated carbocycles. The Morgan fingerprint density at radius 1 is 1.14 bits per heavy atom. The molecule has 0 radical (unpaired) electrons. The van der Waals surface area contributed by atoms with Crippen LogP contribution in [-0.2, 0) is 21.2 Å². The van der Waals surface area contributed by atoms with E-state index in [4.69, 9.17) is 0 Å². The summed E-state index contributed by atoms with van der Waals surface area (Å²) in [5, 5.41) is 10.3. The van der Waals surface area contributed by atoms with Gasteiger partial charge in [0, 0.05) is 45.0 Å². The summed E-state index contributed by atoms with van der Waals surface area (Å²) >= 11 is 0. The van der Waals surface area contributed by atoms with E-state index in [1.165, 1.54) is 22.6 Å². The maximum absolute atomic E-state index is 13.0. The highest BCUT2D eigenvalue weighted by Crippen LogP contribution is 2.22. The molecule has 0 spiro atoms. The Morgan fingerprint density at radius 3 is 2.40 bits per heavy atom. The van der Waals surface area contributed by atoms with Gasteiger partial charge in [0.15, 0.2) is 6.61 Å². The van der Waals surface area contributed by atoms with Gasteiger partial charge >= 0.3 is 6.18 Å². The lowest BCUT2D eigenvalue weighted by Gasteiger charge is -2.35. The van der Waals surface area contributed by atoms with E-state index in [0.29, 0.717) is 29.8 Å². The first-order valence-corrected chi connectivity index (χ1v) is 12.2. The number of amides is 1. The second-order valence-corrected chi connectivity index (χ2v) is 9.78. The molecule has 1 atom stereocenters. The Kier molecular flexibility index (Phi) is 8.80. The van der Waals surface area contributed by atoms with E-state index < -0.39 is 34.6 Å². The first kappa shape index (κ1) is 26.6. The third-order valence-corrected chi connectivity index (χ3v) is 7.24. The molecule has 2 aromatic rings. The van der Waals surface area contributed by atoms with Crippen LogP contribution in [-0.4, -0.2) is 95.1 Å². The molecule has 0 bridgehead atoms. The zero-order chi connectivity index (χ0) is 25.5. The molecule has 0 aromatic carbocycles. The molecule has 0 unspecified atom stereocenters. The minimum absolute atomic E-state index is 0.0250. The number of nitrogens with zero attached hydrogens (tertiary/aromatic N) is 6. The van der Waals surface area contributed by atoms with E-state index in [1.54, 1.807) is 23.4 Å². The van der Waals surface area contributed by atoms with Crippen LogP contribution in [0.15, 0.2) is 36.8 Å². The van der Waals surface area contributed by atoms with Gasteiger partial charge in [0.05, 0.1) is 18.0 Å². The van der Waals surface area contributed by atoms with Gasteiger partial charge in [-0.25, -0.2) is 28.4 Å². The molecule has 2 aromatic heterocycles. The van der Waals surface area contributed by atoms with Crippen LogP contribution in [0.2, 0.25) is 0 Å². The largest absolute Gasteiger partial charge is 0.483 e. The van der Waals surface area contributed by atoms with Crippen LogP contribution < -0.4 is 9.64 Å². The fourth-order valence-corrected chi connectivity index (χ4v) is 5.22. The van der Waals surface area contributed by atoms with E-state index in [2.05, 4.69) is 19.7 Å². The number of rotatable bonds is 11. The molecular formula is C20H25F3N6O5S. The number of hydrogen-bond acceptors (Lipinski definition) is 9. The van der Waals surface area contributed by atoms with Crippen molar-refractivity contribution in [3.8, 4) is 5.75 Å². The minimum Gasteiger partial charge on any atom is -0.483 e. The van der Waals surface area contributed by atoms with Crippen molar-refractivity contribution in [3.63, 3.8) is 0 Å². The summed E-state index contributed by atoms with van der Waals surface area (Å²) in [6.45, 7) is -0.546. The number of aryl methyl sites for hydroxylation is 1. The summed E-state index contributed by atoms with van der Waals surface area (Å²) in [6.07, 6.45) is 0.398. The lowest BCUT2D eigenvalue weighted by molar-refractivity contribution is -0.158. The number of alkyl halides is 3. The fourth-order valence-electron chi connectivity index (χ4n) is 3.49. The number of piperazine rings is 1. The molecule has 192 valence electrons. The van der Waals surface area contributed by atoms with Gasteiger partial charge in [-0.15, -0.1) is 0 Å². The molecule has 0 aliphatic carbocycles. The molecule has 1 amide bonds. The van der Waals surface area contributed by atoms with Crippen molar-refractivity contribution in [2.24, 2.45) is 0 Å². The van der Waals surface area contributed by atoms with Gasteiger partial charge in [-0.2, -0.15) is 17.5 Å². The Morgan fingerprint density at radius 2 is 1.83 bits per heavy atom. The van der Waals surface area contributed by atoms with Crippen LogP contribution in [0, 0.1) is 0 Å². The molecule has 15 heteroatoms. The third kappa shape index (κ3) is 8.00. The summed E-state index contributed by atoms with van der Waals surface area (Å²) in [7, 11) is -3.82. The average molecular weight is 519 g/mol. The standard InChI is InChI=1S/C20H25F3N6O5S/c21-20(22,23)14-34-17-3-5-19(26-12-17)27-8-10-28(11-9-27)35(32,33)13-16(29(31)15-30)2-4-18-24-6-1-7-25-18/h1,3,5-7,12,15-16,31H,2,4,8-11,13-14H2/t16-/m0/s1. The van der Waals surface area contributed by atoms with E-state index in [0.717, 1.165) is 0 Å². The quantitative estimate of drug-likeness (QED) is 0.264. The Bertz CT molecular complexity index is 1050. The number of hydroxylamine groups is 2. The van der Waals surface area contributed by atoms with Crippen LogP contribution in [0.3, 0.4) is 0 Å². The zero-order valence-corrected chi connectivity index (χ0v) is 19.4. The summed E-state index contributed by atoms with van der Waals surface area (Å²) in [4.78, 5) is 25.1. The maximum atomic E-state index is 13.0. The number of aromatic nitrogens is 3. The van der Waals surface area contributed by atoms with Crippen LogP contribution in [0.5, 0.6) is 5.75 Å². The average Bonchev–Trinajstić information content (AvgIpc) is 2.85. The molecule has 1 aliphatic heterocycles. The van der Waals surface area contributed by atoms with Crippen molar-refractivity contribution in [2.75, 3.05) is 43.4 Å². The topological polar surface area (TPSA) is 129 Å². The van der Waals surface area contributed by atoms with Crippen LogP contribution in [0.1, 0.15) is 12.2 Å². The molecule has 1 saturated heterocycles. The van der Waals surface area contributed by atoms with Gasteiger partial charge in [0.25, 0.3) is 0 Å². The number of anilines is 1. The van der Waals surface area contributed by atoms with E-state index in [1.807, 2.05) is 0 Å². The molecule has 11 nitrogen and oxygen atoms in total. The van der Waals surface area contributed by atoms with Crippen LogP contribution >= 0.6 is 0 Å². The molecular weight excluding hydrogens is 493 g/mol. The van der Waals surface area contributed by atoms with Crippen LogP contribution in [0.25, 0.3) is 0 Å². The number of carbonyl (C=O) groups excluding carboxylic acids is 1. The number of pyridine rings is 1. The van der Waals surface area contributed by atoms with Crippen molar-refractivity contribution in [1.29, 1.82) is 0 Å². The number of halogens is 3. The van der Waals surface area contributed by atoms with Crippen molar-refractivity contribution in [1.82, 2.24) is 24.3 Å². The predicted molar refractivity (Wildman–Crippen MR) is 117 cm³/mol. The molecule has 35 heavy (non-hydrogen) atoms. The zero-order valence-electron chi connectivity index (χ0n) is 18.6. The van der Waals surface area contributed by atoms with E-state index in [-0.39, 0.29) is 38.1 Å². The maximum Gasteiger partial charge on any atom is 0.422 e. The summed E-state index contributed by atoms with van der Waals surface area (Å²) in [5.74, 6) is 0.441. The summed E-state index contributed by atoms with van der Waals surface area (Å²) < 4.78 is 68.6. The lowest BCUT2D eigenvalue weighted by atomic mass is 10.2. The van der Waals surface area contributed by atoms with E-state index in [9.17, 15) is 31.6 Å². The number of carbonyl (C=O) groups is 1.